The molecule has 2 fully saturated rings. The summed E-state index contributed by atoms with van der Waals surface area (Å²) in [6.07, 6.45) is 9.46. The Bertz CT molecular complexity index is 822. The van der Waals surface area contributed by atoms with E-state index >= 15 is 0 Å². The van der Waals surface area contributed by atoms with Gasteiger partial charge in [-0.15, -0.1) is 0 Å². The number of halogens is 1. The minimum absolute atomic E-state index is 0.00907. The summed E-state index contributed by atoms with van der Waals surface area (Å²) in [6, 6.07) is 4.75. The summed E-state index contributed by atoms with van der Waals surface area (Å²) < 4.78 is 33.1. The van der Waals surface area contributed by atoms with E-state index in [9.17, 15) is 13.2 Å². The Labute approximate surface area is 185 Å². The number of piperidine rings is 1. The highest BCUT2D eigenvalue weighted by atomic mass is 35.5. The van der Waals surface area contributed by atoms with Crippen molar-refractivity contribution in [2.24, 2.45) is 5.92 Å². The van der Waals surface area contributed by atoms with Crippen LogP contribution in [0.25, 0.3) is 0 Å². The maximum absolute atomic E-state index is 13.1. The molecule has 1 N–H and O–H groups in total. The first kappa shape index (κ1) is 23.4. The number of carbonyl (C=O) groups is 1. The van der Waals surface area contributed by atoms with Gasteiger partial charge in [0.2, 0.25) is 15.9 Å². The Hall–Kier alpha value is -1.31. The van der Waals surface area contributed by atoms with Crippen LogP contribution in [0.1, 0.15) is 64.7 Å². The average molecular weight is 457 g/mol. The van der Waals surface area contributed by atoms with Crippen molar-refractivity contribution in [2.75, 3.05) is 19.7 Å². The fraction of sp³-hybridized carbons (Fsp3) is 0.682. The molecule has 1 aromatic rings. The van der Waals surface area contributed by atoms with Crippen molar-refractivity contribution in [1.29, 1.82) is 0 Å². The van der Waals surface area contributed by atoms with Crippen LogP contribution in [-0.4, -0.2) is 44.4 Å². The molecule has 1 heterocycles. The summed E-state index contributed by atoms with van der Waals surface area (Å²) in [7, 11) is -3.71. The zero-order valence-corrected chi connectivity index (χ0v) is 19.3. The highest BCUT2D eigenvalue weighted by Crippen LogP contribution is 2.30. The van der Waals surface area contributed by atoms with Gasteiger partial charge >= 0.3 is 0 Å². The van der Waals surface area contributed by atoms with Crippen LogP contribution in [0.2, 0.25) is 5.02 Å². The van der Waals surface area contributed by atoms with Crippen molar-refractivity contribution in [2.45, 2.75) is 75.6 Å². The van der Waals surface area contributed by atoms with Gasteiger partial charge in [0.25, 0.3) is 0 Å². The second-order valence-electron chi connectivity index (χ2n) is 8.28. The van der Waals surface area contributed by atoms with Crippen molar-refractivity contribution in [3.63, 3.8) is 0 Å². The van der Waals surface area contributed by atoms with Gasteiger partial charge < -0.3 is 10.1 Å². The van der Waals surface area contributed by atoms with E-state index in [1.807, 2.05) is 6.92 Å². The predicted molar refractivity (Wildman–Crippen MR) is 118 cm³/mol. The number of sulfonamides is 1. The van der Waals surface area contributed by atoms with Gasteiger partial charge in [-0.1, -0.05) is 43.7 Å². The Morgan fingerprint density at radius 3 is 2.50 bits per heavy atom. The zero-order valence-electron chi connectivity index (χ0n) is 17.7. The lowest BCUT2D eigenvalue weighted by molar-refractivity contribution is -0.126. The van der Waals surface area contributed by atoms with Crippen molar-refractivity contribution >= 4 is 27.5 Å². The van der Waals surface area contributed by atoms with Crippen LogP contribution in [0, 0.1) is 5.92 Å². The summed E-state index contributed by atoms with van der Waals surface area (Å²) in [5, 5.41) is 3.47. The number of benzene rings is 1. The van der Waals surface area contributed by atoms with Crippen LogP contribution in [0.3, 0.4) is 0 Å². The van der Waals surface area contributed by atoms with E-state index in [0.717, 1.165) is 25.7 Å². The quantitative estimate of drug-likeness (QED) is 0.689. The fourth-order valence-corrected chi connectivity index (χ4v) is 6.21. The third-order valence-electron chi connectivity index (χ3n) is 6.05. The largest absolute Gasteiger partial charge is 0.492 e. The van der Waals surface area contributed by atoms with Crippen LogP contribution < -0.4 is 10.1 Å². The van der Waals surface area contributed by atoms with Gasteiger partial charge in [-0.3, -0.25) is 4.79 Å². The first-order chi connectivity index (χ1) is 14.4. The Balaban J connectivity index is 1.65. The molecule has 0 spiro atoms. The SMILES string of the molecule is CCOc1ccc(S(=O)(=O)N2CCC[C@@H](C(=O)NC3CCCCCCC3)C2)cc1Cl. The molecule has 168 valence electrons. The molecule has 1 atom stereocenters. The van der Waals surface area contributed by atoms with E-state index < -0.39 is 10.0 Å². The van der Waals surface area contributed by atoms with Crippen molar-refractivity contribution in [1.82, 2.24) is 9.62 Å². The molecule has 6 nitrogen and oxygen atoms in total. The Kier molecular flexibility index (Phi) is 8.43. The first-order valence-corrected chi connectivity index (χ1v) is 13.0. The Morgan fingerprint density at radius 1 is 1.13 bits per heavy atom. The summed E-state index contributed by atoms with van der Waals surface area (Å²) in [5.74, 6) is 0.149. The molecule has 8 heteroatoms. The van der Waals surface area contributed by atoms with Crippen LogP contribution in [0.5, 0.6) is 5.75 Å². The van der Waals surface area contributed by atoms with Crippen molar-refractivity contribution < 1.29 is 17.9 Å². The molecule has 0 radical (unpaired) electrons. The molecule has 1 aliphatic heterocycles. The summed E-state index contributed by atoms with van der Waals surface area (Å²) in [6.45, 7) is 2.93. The lowest BCUT2D eigenvalue weighted by Crippen LogP contribution is -2.47. The van der Waals surface area contributed by atoms with Gasteiger partial charge in [-0.25, -0.2) is 8.42 Å². The van der Waals surface area contributed by atoms with Gasteiger partial charge in [0, 0.05) is 19.1 Å². The molecular formula is C22H33ClN2O4S. The zero-order chi connectivity index (χ0) is 21.6. The molecule has 1 amide bonds. The topological polar surface area (TPSA) is 75.7 Å². The third kappa shape index (κ3) is 5.89. The number of nitrogens with one attached hydrogen (secondary N) is 1. The second kappa shape index (κ2) is 10.8. The fourth-order valence-electron chi connectivity index (χ4n) is 4.36. The van der Waals surface area contributed by atoms with Gasteiger partial charge in [0.15, 0.2) is 0 Å². The first-order valence-electron chi connectivity index (χ1n) is 11.1. The monoisotopic (exact) mass is 456 g/mol. The van der Waals surface area contributed by atoms with E-state index in [4.69, 9.17) is 16.3 Å². The molecule has 2 aliphatic rings. The van der Waals surface area contributed by atoms with Crippen LogP contribution in [-0.2, 0) is 14.8 Å². The Morgan fingerprint density at radius 2 is 1.83 bits per heavy atom. The van der Waals surface area contributed by atoms with Crippen LogP contribution in [0.15, 0.2) is 23.1 Å². The maximum atomic E-state index is 13.1. The summed E-state index contributed by atoms with van der Waals surface area (Å²) in [4.78, 5) is 13.0. The molecule has 1 saturated carbocycles. The number of hydrogen-bond donors (Lipinski definition) is 1. The van der Waals surface area contributed by atoms with Crippen LogP contribution in [0.4, 0.5) is 0 Å². The van der Waals surface area contributed by atoms with Gasteiger partial charge in [0.1, 0.15) is 5.75 Å². The smallest absolute Gasteiger partial charge is 0.243 e. The van der Waals surface area contributed by atoms with Crippen LogP contribution >= 0.6 is 11.6 Å². The molecule has 3 rings (SSSR count). The van der Waals surface area contributed by atoms with E-state index in [1.165, 1.54) is 35.7 Å². The highest BCUT2D eigenvalue weighted by Gasteiger charge is 2.34. The minimum atomic E-state index is -3.71. The molecule has 0 aromatic heterocycles. The number of ether oxygens (including phenoxy) is 1. The molecule has 0 bridgehead atoms. The van der Waals surface area contributed by atoms with E-state index in [-0.39, 0.29) is 34.3 Å². The predicted octanol–water partition coefficient (Wildman–Crippen LogP) is 4.37. The number of nitrogens with zero attached hydrogens (tertiary/aromatic N) is 1. The third-order valence-corrected chi connectivity index (χ3v) is 8.20. The minimum Gasteiger partial charge on any atom is -0.492 e. The average Bonchev–Trinajstić information content (AvgIpc) is 2.71. The number of carbonyl (C=O) groups excluding carboxylic acids is 1. The number of rotatable bonds is 6. The molecule has 1 aliphatic carbocycles. The molecule has 30 heavy (non-hydrogen) atoms. The van der Waals surface area contributed by atoms with Gasteiger partial charge in [-0.05, 0) is 50.8 Å². The normalized spacial score (nSPS) is 22.1. The number of hydrogen-bond acceptors (Lipinski definition) is 4. The van der Waals surface area contributed by atoms with Crippen molar-refractivity contribution in [3.05, 3.63) is 23.2 Å². The lowest BCUT2D eigenvalue weighted by atomic mass is 9.94. The summed E-state index contributed by atoms with van der Waals surface area (Å²) >= 11 is 6.19. The lowest BCUT2D eigenvalue weighted by Gasteiger charge is -2.32. The van der Waals surface area contributed by atoms with Gasteiger partial charge in [-0.2, -0.15) is 4.31 Å². The molecule has 1 saturated heterocycles. The molecule has 0 unspecified atom stereocenters. The maximum Gasteiger partial charge on any atom is 0.243 e. The highest BCUT2D eigenvalue weighted by molar-refractivity contribution is 7.89. The molecular weight excluding hydrogens is 424 g/mol. The van der Waals surface area contributed by atoms with E-state index in [2.05, 4.69) is 5.32 Å². The van der Waals surface area contributed by atoms with Gasteiger partial charge in [0.05, 0.1) is 22.4 Å². The number of amides is 1. The molecule has 1 aromatic carbocycles. The van der Waals surface area contributed by atoms with E-state index in [0.29, 0.717) is 31.7 Å². The van der Waals surface area contributed by atoms with Crippen molar-refractivity contribution in [3.8, 4) is 5.75 Å². The van der Waals surface area contributed by atoms with E-state index in [1.54, 1.807) is 6.07 Å². The second-order valence-corrected chi connectivity index (χ2v) is 10.6. The standard InChI is InChI=1S/C22H33ClN2O4S/c1-2-29-21-13-12-19(15-20(21)23)30(27,28)25-14-8-9-17(16-25)22(26)24-18-10-6-4-3-5-7-11-18/h12-13,15,17-18H,2-11,14,16H2,1H3,(H,24,26)/t17-/m1/s1. The summed E-state index contributed by atoms with van der Waals surface area (Å²) in [5.41, 5.74) is 0.